The van der Waals surface area contributed by atoms with E-state index >= 15 is 0 Å². The van der Waals surface area contributed by atoms with Crippen molar-refractivity contribution in [2.45, 2.75) is 50.6 Å². The van der Waals surface area contributed by atoms with Gasteiger partial charge in [0, 0.05) is 30.3 Å². The number of hydrogen-bond donors (Lipinski definition) is 1. The van der Waals surface area contributed by atoms with Crippen molar-refractivity contribution in [1.82, 2.24) is 14.5 Å². The summed E-state index contributed by atoms with van der Waals surface area (Å²) in [6.07, 6.45) is 1.86. The highest BCUT2D eigenvalue weighted by Gasteiger charge is 2.32. The summed E-state index contributed by atoms with van der Waals surface area (Å²) in [5.41, 5.74) is 0.748. The summed E-state index contributed by atoms with van der Waals surface area (Å²) < 4.78 is 28.3. The van der Waals surface area contributed by atoms with Crippen molar-refractivity contribution in [3.05, 3.63) is 52.4 Å². The average Bonchev–Trinajstić information content (AvgIpc) is 2.62. The molecule has 0 spiro atoms. The minimum atomic E-state index is -1.24. The van der Waals surface area contributed by atoms with E-state index in [4.69, 9.17) is 9.47 Å². The maximum absolute atomic E-state index is 12.7. The van der Waals surface area contributed by atoms with Crippen LogP contribution in [0, 0.1) is 0 Å². The quantitative estimate of drug-likeness (QED) is 0.845. The first-order valence-corrected chi connectivity index (χ1v) is 9.97. The standard InChI is InChI=1S/C19H25N3O4S/c1-19(2,3)27(24)21-16-10-14(12-22-18(23)6-5-9-20-22)26-17-11-13(25-4)7-8-15(16)17/h5-9,11,14,16,21H,10,12H2,1-4H3/t14-,16-,27?/m0/s1. The molecule has 0 radical (unpaired) electrons. The Morgan fingerprint density at radius 3 is 2.81 bits per heavy atom. The van der Waals surface area contributed by atoms with Gasteiger partial charge in [-0.05, 0) is 32.9 Å². The van der Waals surface area contributed by atoms with Crippen LogP contribution in [-0.2, 0) is 17.5 Å². The smallest absolute Gasteiger partial charge is 0.266 e. The molecule has 8 heteroatoms. The summed E-state index contributed by atoms with van der Waals surface area (Å²) in [6, 6.07) is 8.52. The molecular formula is C19H25N3O4S. The van der Waals surface area contributed by atoms with E-state index in [-0.39, 0.29) is 17.7 Å². The highest BCUT2D eigenvalue weighted by atomic mass is 32.2. The summed E-state index contributed by atoms with van der Waals surface area (Å²) >= 11 is 0. The van der Waals surface area contributed by atoms with Gasteiger partial charge in [0.2, 0.25) is 0 Å². The Hall–Kier alpha value is -2.19. The molecule has 1 aromatic carbocycles. The van der Waals surface area contributed by atoms with Gasteiger partial charge < -0.3 is 9.47 Å². The van der Waals surface area contributed by atoms with Crippen molar-refractivity contribution < 1.29 is 13.7 Å². The normalized spacial score (nSPS) is 20.4. The van der Waals surface area contributed by atoms with Crippen LogP contribution in [0.15, 0.2) is 41.3 Å². The van der Waals surface area contributed by atoms with Gasteiger partial charge in [-0.1, -0.05) is 6.07 Å². The molecule has 1 aliphatic heterocycles. The second kappa shape index (κ2) is 7.82. The Balaban J connectivity index is 1.89. The van der Waals surface area contributed by atoms with E-state index in [1.54, 1.807) is 19.4 Å². The maximum Gasteiger partial charge on any atom is 0.266 e. The lowest BCUT2D eigenvalue weighted by Crippen LogP contribution is -2.41. The average molecular weight is 391 g/mol. The van der Waals surface area contributed by atoms with Crippen LogP contribution in [0.1, 0.15) is 38.8 Å². The number of methoxy groups -OCH3 is 1. The fourth-order valence-electron chi connectivity index (χ4n) is 2.90. The van der Waals surface area contributed by atoms with Crippen molar-refractivity contribution >= 4 is 11.0 Å². The molecule has 146 valence electrons. The van der Waals surface area contributed by atoms with E-state index in [0.29, 0.717) is 24.5 Å². The molecule has 0 saturated carbocycles. The molecule has 0 saturated heterocycles. The fraction of sp³-hybridized carbons (Fsp3) is 0.474. The molecule has 2 heterocycles. The summed E-state index contributed by atoms with van der Waals surface area (Å²) in [5, 5.41) is 4.11. The van der Waals surface area contributed by atoms with Gasteiger partial charge in [-0.3, -0.25) is 4.79 Å². The zero-order valence-corrected chi connectivity index (χ0v) is 16.8. The van der Waals surface area contributed by atoms with Crippen molar-refractivity contribution in [3.63, 3.8) is 0 Å². The van der Waals surface area contributed by atoms with Crippen molar-refractivity contribution in [2.75, 3.05) is 7.11 Å². The Bertz CT molecular complexity index is 891. The molecule has 3 atom stereocenters. The van der Waals surface area contributed by atoms with Crippen LogP contribution < -0.4 is 19.8 Å². The fourth-order valence-corrected chi connectivity index (χ4v) is 3.73. The Kier molecular flexibility index (Phi) is 5.67. The lowest BCUT2D eigenvalue weighted by atomic mass is 9.97. The first-order chi connectivity index (χ1) is 12.8. The van der Waals surface area contributed by atoms with Gasteiger partial charge in [-0.25, -0.2) is 13.6 Å². The highest BCUT2D eigenvalue weighted by Crippen LogP contribution is 2.38. The molecule has 0 aliphatic carbocycles. The third kappa shape index (κ3) is 4.56. The van der Waals surface area contributed by atoms with E-state index in [2.05, 4.69) is 9.82 Å². The Morgan fingerprint density at radius 1 is 1.37 bits per heavy atom. The molecule has 7 nitrogen and oxygen atoms in total. The van der Waals surface area contributed by atoms with Crippen LogP contribution in [0.3, 0.4) is 0 Å². The third-order valence-corrected chi connectivity index (χ3v) is 5.97. The van der Waals surface area contributed by atoms with Gasteiger partial charge in [0.1, 0.15) is 17.6 Å². The van der Waals surface area contributed by atoms with Gasteiger partial charge in [-0.15, -0.1) is 0 Å². The molecule has 27 heavy (non-hydrogen) atoms. The van der Waals surface area contributed by atoms with Crippen molar-refractivity contribution in [3.8, 4) is 11.5 Å². The topological polar surface area (TPSA) is 82.4 Å². The predicted octanol–water partition coefficient (Wildman–Crippen LogP) is 2.20. The van der Waals surface area contributed by atoms with E-state index in [9.17, 15) is 9.00 Å². The lowest BCUT2D eigenvalue weighted by Gasteiger charge is -2.34. The molecule has 1 aromatic heterocycles. The summed E-state index contributed by atoms with van der Waals surface area (Å²) in [7, 11) is 0.361. The number of aromatic nitrogens is 2. The molecule has 0 fully saturated rings. The van der Waals surface area contributed by atoms with Gasteiger partial charge in [0.05, 0.1) is 35.4 Å². The predicted molar refractivity (Wildman–Crippen MR) is 104 cm³/mol. The zero-order chi connectivity index (χ0) is 19.6. The van der Waals surface area contributed by atoms with Gasteiger partial charge in [0.15, 0.2) is 0 Å². The van der Waals surface area contributed by atoms with Gasteiger partial charge in [0.25, 0.3) is 5.56 Å². The first kappa shape index (κ1) is 19.6. The van der Waals surface area contributed by atoms with Crippen LogP contribution in [-0.4, -0.2) is 32.0 Å². The monoisotopic (exact) mass is 391 g/mol. The molecule has 1 aliphatic rings. The van der Waals surface area contributed by atoms with E-state index < -0.39 is 15.7 Å². The number of benzene rings is 1. The second-order valence-electron chi connectivity index (χ2n) is 7.47. The summed E-state index contributed by atoms with van der Waals surface area (Å²) in [6.45, 7) is 6.09. The number of fused-ring (bicyclic) bond motifs is 1. The first-order valence-electron chi connectivity index (χ1n) is 8.82. The number of nitrogens with one attached hydrogen (secondary N) is 1. The van der Waals surface area contributed by atoms with Crippen LogP contribution in [0.4, 0.5) is 0 Å². The summed E-state index contributed by atoms with van der Waals surface area (Å²) in [4.78, 5) is 12.0. The van der Waals surface area contributed by atoms with Gasteiger partial charge in [-0.2, -0.15) is 5.10 Å². The molecule has 1 N–H and O–H groups in total. The number of rotatable bonds is 5. The minimum absolute atomic E-state index is 0.163. The van der Waals surface area contributed by atoms with Gasteiger partial charge >= 0.3 is 0 Å². The molecule has 0 amide bonds. The molecular weight excluding hydrogens is 366 g/mol. The third-order valence-electron chi connectivity index (χ3n) is 4.36. The largest absolute Gasteiger partial charge is 0.497 e. The zero-order valence-electron chi connectivity index (χ0n) is 16.0. The van der Waals surface area contributed by atoms with Crippen LogP contribution in [0.5, 0.6) is 11.5 Å². The van der Waals surface area contributed by atoms with Crippen LogP contribution in [0.25, 0.3) is 0 Å². The Morgan fingerprint density at radius 2 is 2.15 bits per heavy atom. The lowest BCUT2D eigenvalue weighted by molar-refractivity contribution is 0.131. The minimum Gasteiger partial charge on any atom is -0.497 e. The van der Waals surface area contributed by atoms with E-state index in [1.165, 1.54) is 10.7 Å². The van der Waals surface area contributed by atoms with Crippen molar-refractivity contribution in [2.24, 2.45) is 0 Å². The number of hydrogen-bond acceptors (Lipinski definition) is 5. The van der Waals surface area contributed by atoms with Crippen LogP contribution >= 0.6 is 0 Å². The van der Waals surface area contributed by atoms with E-state index in [0.717, 1.165) is 5.56 Å². The number of nitrogens with zero attached hydrogens (tertiary/aromatic N) is 2. The number of ether oxygens (including phenoxy) is 2. The molecule has 1 unspecified atom stereocenters. The SMILES string of the molecule is COc1ccc2c(c1)O[C@H](Cn1ncccc1=O)C[C@@H]2NS(=O)C(C)(C)C. The molecule has 0 bridgehead atoms. The molecule has 3 rings (SSSR count). The Labute approximate surface area is 161 Å². The summed E-state index contributed by atoms with van der Waals surface area (Å²) in [5.74, 6) is 1.35. The van der Waals surface area contributed by atoms with Crippen molar-refractivity contribution in [1.29, 1.82) is 0 Å². The van der Waals surface area contributed by atoms with Crippen LogP contribution in [0.2, 0.25) is 0 Å². The van der Waals surface area contributed by atoms with E-state index in [1.807, 2.05) is 39.0 Å². The maximum atomic E-state index is 12.7. The molecule has 2 aromatic rings. The second-order valence-corrected chi connectivity index (χ2v) is 9.47. The highest BCUT2D eigenvalue weighted by molar-refractivity contribution is 7.84.